The first-order chi connectivity index (χ1) is 17.2. The molecule has 1 N–H and O–H groups in total. The summed E-state index contributed by atoms with van der Waals surface area (Å²) in [5, 5.41) is 9.97. The molecule has 0 spiro atoms. The molecule has 2 aromatic rings. The Kier molecular flexibility index (Phi) is 8.94. The normalized spacial score (nSPS) is 21.6. The summed E-state index contributed by atoms with van der Waals surface area (Å²) < 4.78 is 46.7. The van der Waals surface area contributed by atoms with Crippen molar-refractivity contribution in [1.29, 1.82) is 0 Å². The largest absolute Gasteiger partial charge is 0.481 e. The highest BCUT2D eigenvalue weighted by molar-refractivity contribution is 7.92. The van der Waals surface area contributed by atoms with E-state index < -0.39 is 68.7 Å². The lowest BCUT2D eigenvalue weighted by atomic mass is 9.89. The SMILES string of the molecule is CCC(CS(=O)(=O)C(C)(C)C)N1C(=O)C(CC(=O)O)OC(c2cccc(Cl)c2)C1c1ccc(Cl)cc1F. The Balaban J connectivity index is 2.26. The molecule has 0 aromatic heterocycles. The van der Waals surface area contributed by atoms with Gasteiger partial charge in [-0.05, 0) is 57.0 Å². The molecule has 1 aliphatic heterocycles. The zero-order valence-electron chi connectivity index (χ0n) is 20.9. The zero-order valence-corrected chi connectivity index (χ0v) is 23.3. The third-order valence-corrected chi connectivity index (χ3v) is 9.61. The van der Waals surface area contributed by atoms with Crippen LogP contribution < -0.4 is 0 Å². The van der Waals surface area contributed by atoms with E-state index in [4.69, 9.17) is 27.9 Å². The molecule has 37 heavy (non-hydrogen) atoms. The lowest BCUT2D eigenvalue weighted by Gasteiger charge is -2.48. The summed E-state index contributed by atoms with van der Waals surface area (Å²) >= 11 is 12.2. The van der Waals surface area contributed by atoms with Gasteiger partial charge >= 0.3 is 5.97 Å². The minimum Gasteiger partial charge on any atom is -0.481 e. The predicted molar refractivity (Wildman–Crippen MR) is 140 cm³/mol. The Bertz CT molecular complexity index is 1280. The van der Waals surface area contributed by atoms with E-state index in [1.54, 1.807) is 52.0 Å². The van der Waals surface area contributed by atoms with E-state index in [-0.39, 0.29) is 17.0 Å². The van der Waals surface area contributed by atoms with Crippen LogP contribution in [0.5, 0.6) is 0 Å². The van der Waals surface area contributed by atoms with Crippen molar-refractivity contribution in [2.24, 2.45) is 0 Å². The second-order valence-electron chi connectivity index (χ2n) is 10.0. The first kappa shape index (κ1) is 29.4. The van der Waals surface area contributed by atoms with Gasteiger partial charge in [-0.15, -0.1) is 0 Å². The van der Waals surface area contributed by atoms with Gasteiger partial charge in [0, 0.05) is 21.7 Å². The van der Waals surface area contributed by atoms with Crippen molar-refractivity contribution in [1.82, 2.24) is 4.90 Å². The zero-order chi connectivity index (χ0) is 27.7. The lowest BCUT2D eigenvalue weighted by molar-refractivity contribution is -0.183. The Labute approximate surface area is 226 Å². The maximum absolute atomic E-state index is 15.4. The molecule has 4 atom stereocenters. The van der Waals surface area contributed by atoms with Crippen LogP contribution in [0.15, 0.2) is 42.5 Å². The Morgan fingerprint density at radius 3 is 2.35 bits per heavy atom. The highest BCUT2D eigenvalue weighted by Gasteiger charge is 2.49. The number of amides is 1. The number of morpholine rings is 1. The Morgan fingerprint density at radius 2 is 1.81 bits per heavy atom. The highest BCUT2D eigenvalue weighted by atomic mass is 35.5. The molecule has 0 saturated carbocycles. The summed E-state index contributed by atoms with van der Waals surface area (Å²) in [6.07, 6.45) is -2.89. The number of carboxylic acids is 1. The standard InChI is InChI=1S/C26H30Cl2FNO6S/c1-5-18(14-37(34,35)26(2,3)4)30-23(19-10-9-17(28)12-20(19)29)24(15-7-6-8-16(27)11-15)36-21(25(30)33)13-22(31)32/h6-12,18,21,23-24H,5,13-14H2,1-4H3,(H,31,32). The number of benzene rings is 2. The maximum Gasteiger partial charge on any atom is 0.306 e. The first-order valence-electron chi connectivity index (χ1n) is 11.8. The Hall–Kier alpha value is -2.20. The van der Waals surface area contributed by atoms with Gasteiger partial charge in [0.15, 0.2) is 9.84 Å². The van der Waals surface area contributed by atoms with Gasteiger partial charge < -0.3 is 14.7 Å². The van der Waals surface area contributed by atoms with Gasteiger partial charge in [-0.1, -0.05) is 48.3 Å². The van der Waals surface area contributed by atoms with Crippen molar-refractivity contribution in [2.45, 2.75) is 69.6 Å². The van der Waals surface area contributed by atoms with Gasteiger partial charge in [-0.25, -0.2) is 12.8 Å². The maximum atomic E-state index is 15.4. The number of carbonyl (C=O) groups excluding carboxylic acids is 1. The molecule has 3 rings (SSSR count). The van der Waals surface area contributed by atoms with Crippen LogP contribution in [0.4, 0.5) is 4.39 Å². The van der Waals surface area contributed by atoms with Crippen LogP contribution in [0.25, 0.3) is 0 Å². The molecule has 1 amide bonds. The van der Waals surface area contributed by atoms with Crippen LogP contribution >= 0.6 is 23.2 Å². The van der Waals surface area contributed by atoms with Crippen molar-refractivity contribution < 1.29 is 32.2 Å². The van der Waals surface area contributed by atoms with Gasteiger partial charge in [0.2, 0.25) is 0 Å². The number of nitrogens with zero attached hydrogens (tertiary/aromatic N) is 1. The van der Waals surface area contributed by atoms with Gasteiger partial charge in [-0.2, -0.15) is 0 Å². The number of rotatable bonds is 8. The summed E-state index contributed by atoms with van der Waals surface area (Å²) in [7, 11) is -3.72. The molecule has 0 aliphatic carbocycles. The molecule has 202 valence electrons. The van der Waals surface area contributed by atoms with Crippen LogP contribution in [0.1, 0.15) is 63.8 Å². The molecule has 1 aliphatic rings. The van der Waals surface area contributed by atoms with Crippen molar-refractivity contribution in [2.75, 3.05) is 5.75 Å². The number of sulfone groups is 1. The second-order valence-corrected chi connectivity index (χ2v) is 13.7. The molecule has 1 saturated heterocycles. The molecular formula is C26H30Cl2FNO6S. The third-order valence-electron chi connectivity index (χ3n) is 6.46. The van der Waals surface area contributed by atoms with Crippen molar-refractivity contribution in [3.63, 3.8) is 0 Å². The number of hydrogen-bond donors (Lipinski definition) is 1. The smallest absolute Gasteiger partial charge is 0.306 e. The molecule has 7 nitrogen and oxygen atoms in total. The van der Waals surface area contributed by atoms with Gasteiger partial charge in [0.1, 0.15) is 18.0 Å². The summed E-state index contributed by atoms with van der Waals surface area (Å²) in [4.78, 5) is 26.7. The molecule has 0 radical (unpaired) electrons. The molecule has 1 fully saturated rings. The number of carboxylic acid groups (broad SMARTS) is 1. The summed E-state index contributed by atoms with van der Waals surface area (Å²) in [5.74, 6) is -3.10. The fraction of sp³-hybridized carbons (Fsp3) is 0.462. The summed E-state index contributed by atoms with van der Waals surface area (Å²) in [5.41, 5.74) is 0.538. The van der Waals surface area contributed by atoms with Gasteiger partial charge in [-0.3, -0.25) is 9.59 Å². The average molecular weight is 574 g/mol. The van der Waals surface area contributed by atoms with Gasteiger partial charge in [0.25, 0.3) is 5.91 Å². The monoisotopic (exact) mass is 573 g/mol. The van der Waals surface area contributed by atoms with E-state index >= 15 is 4.39 Å². The molecule has 2 aromatic carbocycles. The van der Waals surface area contributed by atoms with Gasteiger partial charge in [0.05, 0.1) is 23.0 Å². The minimum atomic E-state index is -3.72. The topological polar surface area (TPSA) is 101 Å². The summed E-state index contributed by atoms with van der Waals surface area (Å²) in [6, 6.07) is 8.54. The number of hydrogen-bond acceptors (Lipinski definition) is 5. The summed E-state index contributed by atoms with van der Waals surface area (Å²) in [6.45, 7) is 6.42. The predicted octanol–water partition coefficient (Wildman–Crippen LogP) is 5.61. The third kappa shape index (κ3) is 6.45. The number of aliphatic carboxylic acids is 1. The highest BCUT2D eigenvalue weighted by Crippen LogP contribution is 2.45. The van der Waals surface area contributed by atoms with Crippen LogP contribution in [-0.2, 0) is 24.2 Å². The van der Waals surface area contributed by atoms with Crippen LogP contribution in [0, 0.1) is 5.82 Å². The average Bonchev–Trinajstić information content (AvgIpc) is 2.78. The quantitative estimate of drug-likeness (QED) is 0.440. The molecule has 4 unspecified atom stereocenters. The number of halogens is 3. The molecule has 11 heteroatoms. The van der Waals surface area contributed by atoms with Crippen molar-refractivity contribution in [3.8, 4) is 0 Å². The Morgan fingerprint density at radius 1 is 1.16 bits per heavy atom. The van der Waals surface area contributed by atoms with Crippen LogP contribution in [-0.4, -0.2) is 52.9 Å². The van der Waals surface area contributed by atoms with E-state index in [9.17, 15) is 23.1 Å². The fourth-order valence-electron chi connectivity index (χ4n) is 4.36. The van der Waals surface area contributed by atoms with E-state index in [0.29, 0.717) is 10.6 Å². The van der Waals surface area contributed by atoms with E-state index in [0.717, 1.165) is 6.07 Å². The number of ether oxygens (including phenoxy) is 1. The van der Waals surface area contributed by atoms with Crippen LogP contribution in [0.3, 0.4) is 0 Å². The van der Waals surface area contributed by atoms with E-state index in [1.807, 2.05) is 0 Å². The molecule has 0 bridgehead atoms. The van der Waals surface area contributed by atoms with Crippen molar-refractivity contribution >= 4 is 44.9 Å². The molecular weight excluding hydrogens is 544 g/mol. The van der Waals surface area contributed by atoms with E-state index in [2.05, 4.69) is 0 Å². The first-order valence-corrected chi connectivity index (χ1v) is 14.2. The minimum absolute atomic E-state index is 0.0584. The lowest BCUT2D eigenvalue weighted by Crippen LogP contribution is -2.57. The van der Waals surface area contributed by atoms with Crippen molar-refractivity contribution in [3.05, 3.63) is 69.5 Å². The second kappa shape index (κ2) is 11.3. The number of carbonyl (C=O) groups is 2. The molecule has 1 heterocycles. The van der Waals surface area contributed by atoms with Crippen LogP contribution in [0.2, 0.25) is 10.0 Å². The fourth-order valence-corrected chi connectivity index (χ4v) is 6.12. The van der Waals surface area contributed by atoms with E-state index in [1.165, 1.54) is 17.0 Å².